The molecule has 4 atom stereocenters. The molecule has 2 N–H and O–H groups in total. The number of hydrogen-bond donors (Lipinski definition) is 1. The van der Waals surface area contributed by atoms with Gasteiger partial charge in [-0.05, 0) is 47.7 Å². The van der Waals surface area contributed by atoms with Crippen molar-refractivity contribution in [1.82, 2.24) is 4.90 Å². The van der Waals surface area contributed by atoms with E-state index >= 15 is 0 Å². The fourth-order valence-corrected chi connectivity index (χ4v) is 2.23. The third-order valence-corrected chi connectivity index (χ3v) is 3.51. The molecule has 1 aromatic carbocycles. The second-order valence-corrected chi connectivity index (χ2v) is 5.40. The number of esters is 1. The summed E-state index contributed by atoms with van der Waals surface area (Å²) in [7, 11) is -7.75. The lowest BCUT2D eigenvalue weighted by atomic mass is 9.79. The Balaban J connectivity index is 2.96. The van der Waals surface area contributed by atoms with E-state index in [4.69, 9.17) is 45.5 Å². The van der Waals surface area contributed by atoms with Crippen LogP contribution < -0.4 is 15.2 Å². The normalized spacial score (nSPS) is 61.4. The maximum atomic E-state index is 14.2. The van der Waals surface area contributed by atoms with Gasteiger partial charge in [-0.15, -0.1) is 0 Å². The minimum Gasteiger partial charge on any atom is -0.493 e. The zero-order valence-electron chi connectivity index (χ0n) is 50.7. The van der Waals surface area contributed by atoms with Gasteiger partial charge in [0, 0.05) is 65.5 Å². The van der Waals surface area contributed by atoms with Gasteiger partial charge in [-0.25, -0.2) is 0 Å². The van der Waals surface area contributed by atoms with Crippen molar-refractivity contribution in [3.05, 3.63) is 23.2 Å². The van der Waals surface area contributed by atoms with Crippen molar-refractivity contribution in [3.63, 3.8) is 0 Å². The lowest BCUT2D eigenvalue weighted by molar-refractivity contribution is -0.160. The topological polar surface area (TPSA) is 74.0 Å². The van der Waals surface area contributed by atoms with E-state index in [9.17, 15) is 14.4 Å². The first-order valence-corrected chi connectivity index (χ1v) is 7.64. The fourth-order valence-electron chi connectivity index (χ4n) is 2.23. The molecule has 30 heavy (non-hydrogen) atoms. The van der Waals surface area contributed by atoms with Crippen LogP contribution in [0.5, 0.6) is 11.5 Å². The quantitative estimate of drug-likeness (QED) is 0.635. The lowest BCUT2D eigenvalue weighted by Gasteiger charge is -2.47. The Morgan fingerprint density at radius 3 is 2.87 bits per heavy atom. The molecule has 6 heteroatoms. The molecule has 3 unspecified atom stereocenters. The van der Waals surface area contributed by atoms with Gasteiger partial charge < -0.3 is 19.9 Å². The molecule has 0 saturated carbocycles. The Labute approximate surface area is 231 Å². The average molecular weight is 455 g/mol. The maximum Gasteiger partial charge on any atom is 0.323 e. The Kier molecular flexibility index (Phi) is 1.52. The molecular formula is C24H38N2O4. The van der Waals surface area contributed by atoms with Crippen molar-refractivity contribution < 1.29 is 68.4 Å². The van der Waals surface area contributed by atoms with E-state index in [2.05, 4.69) is 14.2 Å². The number of methoxy groups -OCH3 is 2. The Hall–Kier alpha value is -1.79. The number of benzene rings is 1. The van der Waals surface area contributed by atoms with Gasteiger partial charge in [0.25, 0.3) is 0 Å². The smallest absolute Gasteiger partial charge is 0.323 e. The highest BCUT2D eigenvalue weighted by molar-refractivity contribution is 5.76. The first-order valence-electron chi connectivity index (χ1n) is 25.6. The number of fused-ring (bicyclic) bond motifs is 3. The van der Waals surface area contributed by atoms with Gasteiger partial charge in [-0.3, -0.25) is 9.69 Å². The summed E-state index contributed by atoms with van der Waals surface area (Å²) in [4.78, 5) is 13.0. The summed E-state index contributed by atoms with van der Waals surface area (Å²) in [5.41, 5.74) is 1.40. The number of hydrogen-bond acceptors (Lipinski definition) is 6. The summed E-state index contributed by atoms with van der Waals surface area (Å²) in [6.45, 7) is -28.7. The molecule has 6 nitrogen and oxygen atoms in total. The van der Waals surface area contributed by atoms with Gasteiger partial charge >= 0.3 is 5.97 Å². The van der Waals surface area contributed by atoms with E-state index in [-0.39, 0.29) is 0 Å². The summed E-state index contributed by atoms with van der Waals surface area (Å²) >= 11 is 0. The van der Waals surface area contributed by atoms with Crippen molar-refractivity contribution in [2.45, 2.75) is 64.6 Å². The number of rotatable bonds is 7. The van der Waals surface area contributed by atoms with Crippen LogP contribution in [0.1, 0.15) is 107 Å². The molecule has 0 amide bonds. The van der Waals surface area contributed by atoms with Crippen LogP contribution in [0.25, 0.3) is 0 Å². The van der Waals surface area contributed by atoms with Gasteiger partial charge in [0.05, 0.1) is 29.2 Å². The molecule has 2 heterocycles. The van der Waals surface area contributed by atoms with Gasteiger partial charge in [0.1, 0.15) is 12.1 Å². The van der Waals surface area contributed by atoms with E-state index in [1.165, 1.54) is 0 Å². The zero-order chi connectivity index (χ0) is 53.2. The number of nitrogens with zero attached hydrogens (tertiary/aromatic N) is 1. The molecule has 0 spiro atoms. The highest BCUT2D eigenvalue weighted by Gasteiger charge is 2.41. The van der Waals surface area contributed by atoms with Crippen LogP contribution in [-0.4, -0.2) is 50.0 Å². The molecule has 0 radical (unpaired) electrons. The van der Waals surface area contributed by atoms with E-state index in [1.807, 2.05) is 0 Å². The average Bonchev–Trinajstić information content (AvgIpc) is 3.04. The number of nitrogens with two attached hydrogens (primary N) is 1. The first kappa shape index (κ1) is 4.76. The predicted octanol–water partition coefficient (Wildman–Crippen LogP) is 3.56. The molecule has 3 rings (SSSR count). The van der Waals surface area contributed by atoms with E-state index in [1.54, 1.807) is 0 Å². The fraction of sp³-hybridized carbons (Fsp3) is 0.708. The standard InChI is InChI=1S/C24H38N2O4/c1-14(2)9-17-13-26-8-7-16-10-21(28-5)22(29-6)11-18(16)19(26)12-20(17)30-24(27)23(25)15(3)4/h10-11,14-15,17,19-20,23H,7-9,12-13,25H2,1-6H3/t17?,19?,20?,23-/m0/s1/i1D3,2D3,3D3,4D3,5D3,6D3,7D2,8D2,9D2,10D,11D,12D2,13D2,14D,15D,17D,19D,20D,23D. The van der Waals surface area contributed by atoms with Crippen LogP contribution in [0, 0.1) is 17.7 Å². The number of ether oxygens (including phenoxy) is 3. The van der Waals surface area contributed by atoms with Crippen LogP contribution in [0.2, 0.25) is 0 Å². The van der Waals surface area contributed by atoms with Gasteiger partial charge in [-0.2, -0.15) is 0 Å². The molecule has 168 valence electrons. The number of carbonyl (C=O) groups excluding carboxylic acids is 1. The maximum absolute atomic E-state index is 14.2. The number of piperidine rings is 1. The molecular weight excluding hydrogens is 380 g/mol. The molecule has 0 bridgehead atoms. The third kappa shape index (κ3) is 4.75. The minimum atomic E-state index is -5.70. The largest absolute Gasteiger partial charge is 0.493 e. The second kappa shape index (κ2) is 9.56. The summed E-state index contributed by atoms with van der Waals surface area (Å²) in [6.07, 6.45) is -21.1. The lowest BCUT2D eigenvalue weighted by Crippen LogP contribution is -2.51. The van der Waals surface area contributed by atoms with Crippen LogP contribution in [0.4, 0.5) is 0 Å². The van der Waals surface area contributed by atoms with Crippen molar-refractivity contribution in [2.24, 2.45) is 23.4 Å². The van der Waals surface area contributed by atoms with Gasteiger partial charge in [0.15, 0.2) is 11.5 Å². The van der Waals surface area contributed by atoms with E-state index in [0.717, 1.165) is 0 Å². The highest BCUT2D eigenvalue weighted by Crippen LogP contribution is 2.44. The van der Waals surface area contributed by atoms with Crippen molar-refractivity contribution >= 4 is 5.97 Å². The van der Waals surface area contributed by atoms with Gasteiger partial charge in [0.2, 0.25) is 0 Å². The third-order valence-electron chi connectivity index (χ3n) is 3.51. The van der Waals surface area contributed by atoms with Crippen molar-refractivity contribution in [1.29, 1.82) is 0 Å². The van der Waals surface area contributed by atoms with E-state index < -0.39 is 155 Å². The summed E-state index contributed by atoms with van der Waals surface area (Å²) in [5, 5.41) is 0. The van der Waals surface area contributed by atoms with Crippen LogP contribution in [0.3, 0.4) is 0 Å². The summed E-state index contributed by atoms with van der Waals surface area (Å²) < 4.78 is 316. The molecule has 2 aliphatic rings. The van der Waals surface area contributed by atoms with Crippen LogP contribution in [-0.2, 0) is 15.9 Å². The first-order chi connectivity index (χ1) is 28.2. The molecule has 0 aromatic heterocycles. The Morgan fingerprint density at radius 1 is 1.40 bits per heavy atom. The molecule has 1 fully saturated rings. The van der Waals surface area contributed by atoms with Gasteiger partial charge in [-0.1, -0.05) is 27.4 Å². The zero-order valence-corrected chi connectivity index (χ0v) is 14.7. The Morgan fingerprint density at radius 2 is 2.17 bits per heavy atom. The monoisotopic (exact) mass is 455 g/mol. The molecule has 0 aliphatic carbocycles. The highest BCUT2D eigenvalue weighted by atomic mass is 16.5. The predicted molar refractivity (Wildman–Crippen MR) is 118 cm³/mol. The van der Waals surface area contributed by atoms with Crippen molar-refractivity contribution in [3.8, 4) is 11.5 Å². The summed E-state index contributed by atoms with van der Waals surface area (Å²) in [6, 6.07) is -13.9. The van der Waals surface area contributed by atoms with Crippen molar-refractivity contribution in [2.75, 3.05) is 27.1 Å². The molecule has 1 saturated heterocycles. The number of carbonyl (C=O) groups is 1. The molecule has 2 aliphatic heterocycles. The minimum absolute atomic E-state index is 1.23. The summed E-state index contributed by atoms with van der Waals surface area (Å²) in [5.74, 6) is -22.6. The van der Waals surface area contributed by atoms with E-state index in [0.29, 0.717) is 0 Å². The molecule has 1 aromatic rings. The van der Waals surface area contributed by atoms with Crippen LogP contribution in [0.15, 0.2) is 12.1 Å². The SMILES string of the molecule is [2H]c1c(OC([2H])([2H])[2H])c(OC([2H])([2H])[2H])c([2H])c2c1C([2H])([2H])C([2H])([2H])N1C([2H])([2H])C([2H])(C([2H])([2H])C([2H])(C([2H])([2H])[2H])C([2H])([2H])[2H])C([2H])(OC(=O)[C@@]([2H])(N)C([2H])(C([2H])([2H])[2H])C([2H])([2H])[2H])C([2H])([2H])C21[2H]. The van der Waals surface area contributed by atoms with Crippen LogP contribution >= 0.6 is 0 Å². The second-order valence-electron chi connectivity index (χ2n) is 5.40. The Bertz CT molecular complexity index is 2080.